The van der Waals surface area contributed by atoms with E-state index in [0.29, 0.717) is 4.55 Å². The lowest BCUT2D eigenvalue weighted by atomic mass is 11.5. The standard InChI is InChI=1S/CH3IN2O/c2-1-3-4-5/h1H2,(H,3,5). The summed E-state index contributed by atoms with van der Waals surface area (Å²) in [4.78, 5) is 9.04. The second-order valence-corrected chi connectivity index (χ2v) is 1.15. The molecule has 30 valence electrons. The molecule has 5 heavy (non-hydrogen) atoms. The van der Waals surface area contributed by atoms with Crippen molar-refractivity contribution in [1.29, 1.82) is 0 Å². The van der Waals surface area contributed by atoms with E-state index in [0.717, 1.165) is 0 Å². The second kappa shape index (κ2) is 4.13. The summed E-state index contributed by atoms with van der Waals surface area (Å²) < 4.78 is 0.585. The first-order valence-electron chi connectivity index (χ1n) is 1.03. The Morgan fingerprint density at radius 2 is 2.60 bits per heavy atom. The van der Waals surface area contributed by atoms with E-state index in [1.807, 2.05) is 22.6 Å². The van der Waals surface area contributed by atoms with Gasteiger partial charge in [0.15, 0.2) is 0 Å². The molecule has 0 spiro atoms. The van der Waals surface area contributed by atoms with Gasteiger partial charge in [0.05, 0.1) is 9.84 Å². The molecule has 0 aromatic rings. The minimum atomic E-state index is 0.585. The van der Waals surface area contributed by atoms with Crippen molar-refractivity contribution in [2.75, 3.05) is 4.55 Å². The van der Waals surface area contributed by atoms with Crippen LogP contribution >= 0.6 is 22.6 Å². The van der Waals surface area contributed by atoms with E-state index in [1.165, 1.54) is 0 Å². The van der Waals surface area contributed by atoms with Crippen molar-refractivity contribution in [3.8, 4) is 0 Å². The Morgan fingerprint density at radius 1 is 2.00 bits per heavy atom. The van der Waals surface area contributed by atoms with Gasteiger partial charge in [0.2, 0.25) is 0 Å². The van der Waals surface area contributed by atoms with Crippen LogP contribution in [-0.4, -0.2) is 4.55 Å². The van der Waals surface area contributed by atoms with Gasteiger partial charge in [0.25, 0.3) is 0 Å². The highest BCUT2D eigenvalue weighted by atomic mass is 127. The highest BCUT2D eigenvalue weighted by Gasteiger charge is 1.61. The largest absolute Gasteiger partial charge is 0.264 e. The number of nitrogens with one attached hydrogen (secondary N) is 1. The van der Waals surface area contributed by atoms with Gasteiger partial charge in [-0.1, -0.05) is 22.6 Å². The average molecular weight is 186 g/mol. The van der Waals surface area contributed by atoms with Crippen molar-refractivity contribution < 1.29 is 0 Å². The van der Waals surface area contributed by atoms with Gasteiger partial charge in [-0.3, -0.25) is 5.43 Å². The van der Waals surface area contributed by atoms with Gasteiger partial charge in [-0.25, -0.2) is 0 Å². The second-order valence-electron chi connectivity index (χ2n) is 0.383. The molecular formula is CH3IN2O. The Bertz CT molecular complexity index is 30.8. The predicted octanol–water partition coefficient (Wildman–Crippen LogP) is 0.650. The zero-order chi connectivity index (χ0) is 4.12. The third-order valence-corrected chi connectivity index (χ3v) is 0.465. The van der Waals surface area contributed by atoms with Crippen LogP contribution in [0.2, 0.25) is 0 Å². The number of nitroso groups, excluding NO2 is 1. The van der Waals surface area contributed by atoms with Crippen molar-refractivity contribution in [2.45, 2.75) is 0 Å². The topological polar surface area (TPSA) is 41.5 Å². The van der Waals surface area contributed by atoms with Crippen molar-refractivity contribution in [3.05, 3.63) is 4.91 Å². The van der Waals surface area contributed by atoms with Gasteiger partial charge in [-0.2, -0.15) is 0 Å². The lowest BCUT2D eigenvalue weighted by Crippen LogP contribution is -1.95. The molecule has 0 aromatic carbocycles. The molecule has 0 fully saturated rings. The van der Waals surface area contributed by atoms with E-state index >= 15 is 0 Å². The van der Waals surface area contributed by atoms with Crippen LogP contribution in [0.15, 0.2) is 5.29 Å². The maximum atomic E-state index is 9.04. The van der Waals surface area contributed by atoms with Crippen LogP contribution in [0, 0.1) is 4.91 Å². The highest BCUT2D eigenvalue weighted by Crippen LogP contribution is 1.69. The van der Waals surface area contributed by atoms with Crippen LogP contribution < -0.4 is 5.43 Å². The van der Waals surface area contributed by atoms with Crippen LogP contribution in [0.3, 0.4) is 0 Å². The van der Waals surface area contributed by atoms with Crippen molar-refractivity contribution in [2.24, 2.45) is 5.29 Å². The number of rotatable bonds is 2. The van der Waals surface area contributed by atoms with Gasteiger partial charge in [0, 0.05) is 0 Å². The Hall–Kier alpha value is 0.130. The van der Waals surface area contributed by atoms with Crippen LogP contribution in [0.4, 0.5) is 0 Å². The molecule has 0 atom stereocenters. The Kier molecular flexibility index (Phi) is 4.24. The molecule has 3 nitrogen and oxygen atoms in total. The summed E-state index contributed by atoms with van der Waals surface area (Å²) in [5.41, 5.74) is 2.17. The van der Waals surface area contributed by atoms with E-state index in [-0.39, 0.29) is 0 Å². The molecule has 0 bridgehead atoms. The van der Waals surface area contributed by atoms with Gasteiger partial charge in [-0.05, 0) is 0 Å². The maximum Gasteiger partial charge on any atom is 0.0876 e. The molecule has 0 heterocycles. The smallest absolute Gasteiger partial charge is 0.0876 e. The van der Waals surface area contributed by atoms with Gasteiger partial charge >= 0.3 is 0 Å². The van der Waals surface area contributed by atoms with E-state index in [4.69, 9.17) is 4.91 Å². The molecule has 0 rings (SSSR count). The quantitative estimate of drug-likeness (QED) is 0.226. The maximum absolute atomic E-state index is 9.04. The molecule has 0 radical (unpaired) electrons. The lowest BCUT2D eigenvalue weighted by molar-refractivity contribution is 0.877. The lowest BCUT2D eigenvalue weighted by Gasteiger charge is -1.74. The van der Waals surface area contributed by atoms with Gasteiger partial charge in [0.1, 0.15) is 0 Å². The number of alkyl halides is 1. The first kappa shape index (κ1) is 5.13. The zero-order valence-electron chi connectivity index (χ0n) is 2.44. The van der Waals surface area contributed by atoms with E-state index in [1.54, 1.807) is 0 Å². The molecule has 1 N–H and O–H groups in total. The van der Waals surface area contributed by atoms with Crippen LogP contribution in [0.1, 0.15) is 0 Å². The molecule has 0 saturated carbocycles. The molecule has 0 amide bonds. The number of hydrogen-bond acceptors (Lipinski definition) is 2. The summed E-state index contributed by atoms with van der Waals surface area (Å²) in [5, 5.41) is 2.35. The minimum absolute atomic E-state index is 0.585. The first-order chi connectivity index (χ1) is 2.41. The van der Waals surface area contributed by atoms with Crippen molar-refractivity contribution in [1.82, 2.24) is 5.43 Å². The zero-order valence-corrected chi connectivity index (χ0v) is 4.60. The van der Waals surface area contributed by atoms with Crippen molar-refractivity contribution >= 4 is 22.6 Å². The van der Waals surface area contributed by atoms with Crippen molar-refractivity contribution in [3.63, 3.8) is 0 Å². The monoisotopic (exact) mass is 186 g/mol. The van der Waals surface area contributed by atoms with Gasteiger partial charge < -0.3 is 0 Å². The predicted molar refractivity (Wildman–Crippen MR) is 27.8 cm³/mol. The SMILES string of the molecule is O=NNCI. The third kappa shape index (κ3) is 4.13. The molecule has 4 heteroatoms. The van der Waals surface area contributed by atoms with E-state index < -0.39 is 0 Å². The van der Waals surface area contributed by atoms with E-state index in [9.17, 15) is 0 Å². The summed E-state index contributed by atoms with van der Waals surface area (Å²) >= 11 is 1.98. The fourth-order valence-electron chi connectivity index (χ4n) is 0.0244. The minimum Gasteiger partial charge on any atom is -0.264 e. The highest BCUT2D eigenvalue weighted by molar-refractivity contribution is 14.1. The Morgan fingerprint density at radius 3 is 2.60 bits per heavy atom. The fourth-order valence-corrected chi connectivity index (χ4v) is 0.164. The third-order valence-electron chi connectivity index (χ3n) is 0.124. The van der Waals surface area contributed by atoms with Gasteiger partial charge in [-0.15, -0.1) is 4.91 Å². The van der Waals surface area contributed by atoms with Crippen LogP contribution in [-0.2, 0) is 0 Å². The summed E-state index contributed by atoms with van der Waals surface area (Å²) in [6, 6.07) is 0. The molecule has 0 saturated heterocycles. The van der Waals surface area contributed by atoms with E-state index in [2.05, 4.69) is 10.7 Å². The first-order valence-corrected chi connectivity index (χ1v) is 2.55. The normalized spacial score (nSPS) is 6.60. The fraction of sp³-hybridized carbons (Fsp3) is 1.00. The summed E-state index contributed by atoms with van der Waals surface area (Å²) in [7, 11) is 0. The molecular weight excluding hydrogens is 183 g/mol. The molecule has 0 aliphatic heterocycles. The summed E-state index contributed by atoms with van der Waals surface area (Å²) in [5.74, 6) is 0. The van der Waals surface area contributed by atoms with Crippen LogP contribution in [0.25, 0.3) is 0 Å². The number of nitrogens with zero attached hydrogens (tertiary/aromatic N) is 1. The number of halogens is 1. The molecule has 0 aliphatic carbocycles. The molecule has 0 unspecified atom stereocenters. The number of hydrogen-bond donors (Lipinski definition) is 1. The summed E-state index contributed by atoms with van der Waals surface area (Å²) in [6.07, 6.45) is 0. The molecule has 0 aromatic heterocycles. The Balaban J connectivity index is 2.40. The summed E-state index contributed by atoms with van der Waals surface area (Å²) in [6.45, 7) is 0. The average Bonchev–Trinajstić information content (AvgIpc) is 1.41. The van der Waals surface area contributed by atoms with Crippen LogP contribution in [0.5, 0.6) is 0 Å². The molecule has 0 aliphatic rings. The Labute approximate surface area is 43.2 Å².